The lowest BCUT2D eigenvalue weighted by molar-refractivity contribution is 0.217. The van der Waals surface area contributed by atoms with Gasteiger partial charge in [-0.2, -0.15) is 0 Å². The van der Waals surface area contributed by atoms with Crippen molar-refractivity contribution in [3.8, 4) is 11.5 Å². The van der Waals surface area contributed by atoms with Gasteiger partial charge in [0, 0.05) is 22.3 Å². The molecule has 0 aliphatic rings. The van der Waals surface area contributed by atoms with Crippen molar-refractivity contribution in [2.45, 2.75) is 6.54 Å². The smallest absolute Gasteiger partial charge is 0.122 e. The zero-order valence-corrected chi connectivity index (χ0v) is 15.6. The van der Waals surface area contributed by atoms with Crippen LogP contribution in [0.3, 0.4) is 0 Å². The summed E-state index contributed by atoms with van der Waals surface area (Å²) in [6, 6.07) is 23.0. The van der Waals surface area contributed by atoms with Crippen LogP contribution < -0.4 is 14.8 Å². The molecule has 0 bridgehead atoms. The van der Waals surface area contributed by atoms with Crippen molar-refractivity contribution in [2.24, 2.45) is 0 Å². The Kier molecular flexibility index (Phi) is 6.64. The Labute approximate surface area is 163 Å². The molecule has 0 aromatic heterocycles. The van der Waals surface area contributed by atoms with Crippen LogP contribution in [0, 0.1) is 0 Å². The number of hydrogen-bond donors (Lipinski definition) is 1. The molecular weight excluding hydrogens is 369 g/mol. The summed E-state index contributed by atoms with van der Waals surface area (Å²) in [6.45, 7) is 1.63. The van der Waals surface area contributed by atoms with Crippen molar-refractivity contribution in [3.05, 3.63) is 88.4 Å². The Morgan fingerprint density at radius 3 is 1.88 bits per heavy atom. The van der Waals surface area contributed by atoms with Gasteiger partial charge in [-0.15, -0.1) is 0 Å². The highest BCUT2D eigenvalue weighted by Crippen LogP contribution is 2.21. The molecule has 3 aromatic carbocycles. The van der Waals surface area contributed by atoms with Gasteiger partial charge in [0.2, 0.25) is 0 Å². The van der Waals surface area contributed by atoms with Crippen molar-refractivity contribution in [2.75, 3.05) is 18.5 Å². The van der Waals surface area contributed by atoms with Crippen molar-refractivity contribution in [1.29, 1.82) is 0 Å². The summed E-state index contributed by atoms with van der Waals surface area (Å²) < 4.78 is 11.3. The third-order valence-corrected chi connectivity index (χ3v) is 4.07. The Bertz CT molecular complexity index is 803. The second-order valence-electron chi connectivity index (χ2n) is 5.67. The molecule has 134 valence electrons. The van der Waals surface area contributed by atoms with E-state index >= 15 is 0 Å². The molecule has 0 unspecified atom stereocenters. The van der Waals surface area contributed by atoms with Gasteiger partial charge in [0.15, 0.2) is 0 Å². The van der Waals surface area contributed by atoms with E-state index in [9.17, 15) is 0 Å². The van der Waals surface area contributed by atoms with E-state index in [1.165, 1.54) is 0 Å². The molecule has 3 aromatic rings. The SMILES string of the molecule is Clc1cc(Cl)cc(CNc2ccc(OCCOc3ccccc3)cc2)c1. The predicted molar refractivity (Wildman–Crippen MR) is 108 cm³/mol. The molecule has 3 rings (SSSR count). The Morgan fingerprint density at radius 1 is 0.692 bits per heavy atom. The van der Waals surface area contributed by atoms with Crippen molar-refractivity contribution in [1.82, 2.24) is 0 Å². The zero-order chi connectivity index (χ0) is 18.2. The predicted octanol–water partition coefficient (Wildman–Crippen LogP) is 6.06. The minimum Gasteiger partial charge on any atom is -0.490 e. The summed E-state index contributed by atoms with van der Waals surface area (Å²) in [5.74, 6) is 1.65. The number of halogens is 2. The average Bonchev–Trinajstić information content (AvgIpc) is 2.65. The van der Waals surface area contributed by atoms with Crippen LogP contribution >= 0.6 is 23.2 Å². The molecule has 3 nitrogen and oxygen atoms in total. The van der Waals surface area contributed by atoms with Gasteiger partial charge in [0.05, 0.1) is 0 Å². The molecule has 1 N–H and O–H groups in total. The molecular formula is C21H19Cl2NO2. The first-order valence-corrected chi connectivity index (χ1v) is 9.04. The number of hydrogen-bond acceptors (Lipinski definition) is 3. The van der Waals surface area contributed by atoms with Crippen LogP contribution in [0.25, 0.3) is 0 Å². The topological polar surface area (TPSA) is 30.5 Å². The summed E-state index contributed by atoms with van der Waals surface area (Å²) in [5.41, 5.74) is 2.02. The van der Waals surface area contributed by atoms with E-state index in [1.807, 2.05) is 66.7 Å². The van der Waals surface area contributed by atoms with E-state index in [2.05, 4.69) is 5.32 Å². The van der Waals surface area contributed by atoms with Crippen molar-refractivity contribution < 1.29 is 9.47 Å². The third-order valence-electron chi connectivity index (χ3n) is 3.64. The second kappa shape index (κ2) is 9.37. The number of para-hydroxylation sites is 1. The molecule has 26 heavy (non-hydrogen) atoms. The molecule has 0 saturated heterocycles. The molecule has 0 heterocycles. The van der Waals surface area contributed by atoms with Crippen LogP contribution in [0.15, 0.2) is 72.8 Å². The van der Waals surface area contributed by atoms with Gasteiger partial charge in [-0.3, -0.25) is 0 Å². The van der Waals surface area contributed by atoms with Gasteiger partial charge in [-0.1, -0.05) is 41.4 Å². The maximum Gasteiger partial charge on any atom is 0.122 e. The first-order chi connectivity index (χ1) is 12.7. The van der Waals surface area contributed by atoms with Gasteiger partial charge in [-0.05, 0) is 60.2 Å². The lowest BCUT2D eigenvalue weighted by Gasteiger charge is -2.10. The first kappa shape index (κ1) is 18.4. The molecule has 0 amide bonds. The molecule has 0 aliphatic carbocycles. The van der Waals surface area contributed by atoms with E-state index in [1.54, 1.807) is 6.07 Å². The molecule has 0 aliphatic heterocycles. The van der Waals surface area contributed by atoms with Gasteiger partial charge >= 0.3 is 0 Å². The van der Waals surface area contributed by atoms with E-state index in [0.717, 1.165) is 22.7 Å². The largest absolute Gasteiger partial charge is 0.490 e. The van der Waals surface area contributed by atoms with Crippen LogP contribution in [0.4, 0.5) is 5.69 Å². The van der Waals surface area contributed by atoms with Gasteiger partial charge in [0.1, 0.15) is 24.7 Å². The maximum atomic E-state index is 6.01. The minimum absolute atomic E-state index is 0.489. The molecule has 5 heteroatoms. The summed E-state index contributed by atoms with van der Waals surface area (Å²) in [4.78, 5) is 0. The lowest BCUT2D eigenvalue weighted by atomic mass is 10.2. The Balaban J connectivity index is 1.43. The molecule has 0 radical (unpaired) electrons. The van der Waals surface area contributed by atoms with Gasteiger partial charge < -0.3 is 14.8 Å². The second-order valence-corrected chi connectivity index (χ2v) is 6.54. The highest BCUT2D eigenvalue weighted by molar-refractivity contribution is 6.34. The summed E-state index contributed by atoms with van der Waals surface area (Å²) in [6.07, 6.45) is 0. The fourth-order valence-corrected chi connectivity index (χ4v) is 2.99. The first-order valence-electron chi connectivity index (χ1n) is 8.28. The van der Waals surface area contributed by atoms with Crippen LogP contribution in [-0.2, 0) is 6.54 Å². The molecule has 0 fully saturated rings. The van der Waals surface area contributed by atoms with Crippen LogP contribution in [0.5, 0.6) is 11.5 Å². The standard InChI is InChI=1S/C21H19Cl2NO2/c22-17-12-16(13-18(23)14-17)15-24-19-6-8-21(9-7-19)26-11-10-25-20-4-2-1-3-5-20/h1-9,12-14,24H,10-11,15H2. The van der Waals surface area contributed by atoms with Gasteiger partial charge in [-0.25, -0.2) is 0 Å². The van der Waals surface area contributed by atoms with Crippen LogP contribution in [0.2, 0.25) is 10.0 Å². The fraction of sp³-hybridized carbons (Fsp3) is 0.143. The average molecular weight is 388 g/mol. The molecule has 0 spiro atoms. The summed E-state index contributed by atoms with van der Waals surface area (Å²) in [5, 5.41) is 4.60. The van der Waals surface area contributed by atoms with E-state index in [4.69, 9.17) is 32.7 Å². The van der Waals surface area contributed by atoms with Crippen LogP contribution in [-0.4, -0.2) is 13.2 Å². The number of anilines is 1. The minimum atomic E-state index is 0.489. The van der Waals surface area contributed by atoms with Crippen LogP contribution in [0.1, 0.15) is 5.56 Å². The highest BCUT2D eigenvalue weighted by atomic mass is 35.5. The monoisotopic (exact) mass is 387 g/mol. The molecule has 0 saturated carbocycles. The lowest BCUT2D eigenvalue weighted by Crippen LogP contribution is -2.08. The quantitative estimate of drug-likeness (QED) is 0.476. The third kappa shape index (κ3) is 5.87. The summed E-state index contributed by atoms with van der Waals surface area (Å²) >= 11 is 12.0. The van der Waals surface area contributed by atoms with E-state index in [-0.39, 0.29) is 0 Å². The zero-order valence-electron chi connectivity index (χ0n) is 14.1. The number of nitrogens with one attached hydrogen (secondary N) is 1. The van der Waals surface area contributed by atoms with E-state index < -0.39 is 0 Å². The van der Waals surface area contributed by atoms with Crippen molar-refractivity contribution in [3.63, 3.8) is 0 Å². The highest BCUT2D eigenvalue weighted by Gasteiger charge is 2.00. The fourth-order valence-electron chi connectivity index (χ4n) is 2.42. The number of ether oxygens (including phenoxy) is 2. The number of rotatable bonds is 8. The normalized spacial score (nSPS) is 10.4. The van der Waals surface area contributed by atoms with E-state index in [0.29, 0.717) is 29.8 Å². The maximum absolute atomic E-state index is 6.01. The summed E-state index contributed by atoms with van der Waals surface area (Å²) in [7, 11) is 0. The van der Waals surface area contributed by atoms with Gasteiger partial charge in [0.25, 0.3) is 0 Å². The van der Waals surface area contributed by atoms with Crippen molar-refractivity contribution >= 4 is 28.9 Å². The Hall–Kier alpha value is -2.36. The number of benzene rings is 3. The Morgan fingerprint density at radius 2 is 1.27 bits per heavy atom. The molecule has 0 atom stereocenters.